The summed E-state index contributed by atoms with van der Waals surface area (Å²) in [6, 6.07) is 12.3. The second-order valence-electron chi connectivity index (χ2n) is 6.59. The molecule has 8 nitrogen and oxygen atoms in total. The number of ether oxygens (including phenoxy) is 1. The molecule has 3 amide bonds. The minimum absolute atomic E-state index is 0.0120. The van der Waals surface area contributed by atoms with Crippen LogP contribution in [0.3, 0.4) is 0 Å². The molecule has 2 rings (SSSR count). The second kappa shape index (κ2) is 11.1. The van der Waals surface area contributed by atoms with Crippen molar-refractivity contribution in [3.8, 4) is 5.75 Å². The molecular formula is C21H23BrN4O4. The molecule has 0 heterocycles. The van der Waals surface area contributed by atoms with E-state index in [1.54, 1.807) is 37.3 Å². The van der Waals surface area contributed by atoms with Crippen LogP contribution >= 0.6 is 15.9 Å². The van der Waals surface area contributed by atoms with E-state index < -0.39 is 5.91 Å². The predicted molar refractivity (Wildman–Crippen MR) is 120 cm³/mol. The maximum Gasteiger partial charge on any atom is 0.277 e. The van der Waals surface area contributed by atoms with Gasteiger partial charge in [0.25, 0.3) is 5.91 Å². The molecule has 0 aliphatic carbocycles. The zero-order valence-electron chi connectivity index (χ0n) is 16.9. The number of aryl methyl sites for hydroxylation is 1. The first-order valence-electron chi connectivity index (χ1n) is 9.11. The molecule has 0 aliphatic rings. The molecular weight excluding hydrogens is 452 g/mol. The largest absolute Gasteiger partial charge is 0.483 e. The van der Waals surface area contributed by atoms with Crippen LogP contribution in [0.25, 0.3) is 0 Å². The average molecular weight is 475 g/mol. The highest BCUT2D eigenvalue weighted by Gasteiger charge is 2.08. The zero-order valence-corrected chi connectivity index (χ0v) is 18.5. The Bertz CT molecular complexity index is 958. The van der Waals surface area contributed by atoms with E-state index >= 15 is 0 Å². The van der Waals surface area contributed by atoms with Crippen LogP contribution in [0.5, 0.6) is 5.75 Å². The summed E-state index contributed by atoms with van der Waals surface area (Å²) >= 11 is 3.38. The van der Waals surface area contributed by atoms with E-state index in [-0.39, 0.29) is 24.8 Å². The number of rotatable bonds is 8. The number of hydrazone groups is 1. The van der Waals surface area contributed by atoms with Crippen molar-refractivity contribution in [1.82, 2.24) is 5.43 Å². The van der Waals surface area contributed by atoms with Crippen LogP contribution in [0.15, 0.2) is 52.0 Å². The summed E-state index contributed by atoms with van der Waals surface area (Å²) in [5, 5.41) is 9.29. The molecule has 0 bridgehead atoms. The number of halogens is 1. The molecule has 30 heavy (non-hydrogen) atoms. The number of benzene rings is 2. The Morgan fingerprint density at radius 2 is 1.60 bits per heavy atom. The number of hydrogen-bond donors (Lipinski definition) is 3. The van der Waals surface area contributed by atoms with Crippen LogP contribution in [0.4, 0.5) is 11.4 Å². The van der Waals surface area contributed by atoms with Crippen molar-refractivity contribution in [3.05, 3.63) is 52.5 Å². The number of anilines is 2. The lowest BCUT2D eigenvalue weighted by atomic mass is 10.2. The smallest absolute Gasteiger partial charge is 0.277 e. The number of hydrogen-bond acceptors (Lipinski definition) is 5. The van der Waals surface area contributed by atoms with E-state index in [1.807, 2.05) is 19.1 Å². The van der Waals surface area contributed by atoms with Crippen molar-refractivity contribution in [2.45, 2.75) is 27.2 Å². The van der Waals surface area contributed by atoms with Gasteiger partial charge in [0.05, 0.1) is 10.9 Å². The van der Waals surface area contributed by atoms with Gasteiger partial charge in [-0.2, -0.15) is 5.10 Å². The fourth-order valence-corrected chi connectivity index (χ4v) is 2.98. The monoisotopic (exact) mass is 474 g/mol. The standard InChI is InChI=1S/C21H23BrN4O4/c1-13-4-9-19(18(22)10-13)30-12-21(29)26-25-14(2)11-20(28)24-17-7-5-16(6-8-17)23-15(3)27/h4-10H,11-12H2,1-3H3,(H,23,27)(H,24,28)(H,26,29)/b25-14+. The normalized spacial score (nSPS) is 10.9. The highest BCUT2D eigenvalue weighted by molar-refractivity contribution is 9.10. The van der Waals surface area contributed by atoms with Crippen molar-refractivity contribution < 1.29 is 19.1 Å². The van der Waals surface area contributed by atoms with Crippen molar-refractivity contribution in [2.24, 2.45) is 5.10 Å². The van der Waals surface area contributed by atoms with Gasteiger partial charge in [-0.3, -0.25) is 14.4 Å². The third kappa shape index (κ3) is 8.04. The first-order chi connectivity index (χ1) is 14.2. The Labute approximate surface area is 183 Å². The molecule has 0 aromatic heterocycles. The van der Waals surface area contributed by atoms with E-state index in [9.17, 15) is 14.4 Å². The Morgan fingerprint density at radius 1 is 0.967 bits per heavy atom. The lowest BCUT2D eigenvalue weighted by molar-refractivity contribution is -0.123. The summed E-state index contributed by atoms with van der Waals surface area (Å²) < 4.78 is 6.21. The number of carbonyl (C=O) groups excluding carboxylic acids is 3. The average Bonchev–Trinajstić information content (AvgIpc) is 2.66. The molecule has 3 N–H and O–H groups in total. The summed E-state index contributed by atoms with van der Waals surface area (Å²) in [7, 11) is 0. The first-order valence-corrected chi connectivity index (χ1v) is 9.90. The fourth-order valence-electron chi connectivity index (χ4n) is 2.37. The van der Waals surface area contributed by atoms with E-state index in [4.69, 9.17) is 4.74 Å². The lowest BCUT2D eigenvalue weighted by Gasteiger charge is -2.08. The molecule has 0 atom stereocenters. The van der Waals surface area contributed by atoms with Crippen molar-refractivity contribution in [2.75, 3.05) is 17.2 Å². The number of amides is 3. The van der Waals surface area contributed by atoms with E-state index in [0.29, 0.717) is 22.8 Å². The van der Waals surface area contributed by atoms with Crippen LogP contribution < -0.4 is 20.8 Å². The molecule has 2 aromatic carbocycles. The molecule has 158 valence electrons. The van der Waals surface area contributed by atoms with E-state index in [2.05, 4.69) is 37.1 Å². The Hall–Kier alpha value is -3.20. The molecule has 0 saturated heterocycles. The molecule has 2 aromatic rings. The summed E-state index contributed by atoms with van der Waals surface area (Å²) in [5.74, 6) is -0.327. The van der Waals surface area contributed by atoms with Gasteiger partial charge in [0.2, 0.25) is 11.8 Å². The molecule has 9 heteroatoms. The summed E-state index contributed by atoms with van der Waals surface area (Å²) in [4.78, 5) is 35.0. The Kier molecular flexibility index (Phi) is 8.54. The van der Waals surface area contributed by atoms with Gasteiger partial charge >= 0.3 is 0 Å². The van der Waals surface area contributed by atoms with Crippen LogP contribution in [0.1, 0.15) is 25.8 Å². The van der Waals surface area contributed by atoms with Crippen LogP contribution in [-0.4, -0.2) is 30.0 Å². The van der Waals surface area contributed by atoms with Crippen LogP contribution in [0.2, 0.25) is 0 Å². The van der Waals surface area contributed by atoms with Gasteiger partial charge in [0.15, 0.2) is 6.61 Å². The van der Waals surface area contributed by atoms with E-state index in [0.717, 1.165) is 10.0 Å². The van der Waals surface area contributed by atoms with Gasteiger partial charge in [0, 0.05) is 24.0 Å². The molecule has 0 unspecified atom stereocenters. The Morgan fingerprint density at radius 3 is 2.20 bits per heavy atom. The van der Waals surface area contributed by atoms with Crippen molar-refractivity contribution >= 4 is 50.7 Å². The molecule has 0 radical (unpaired) electrons. The maximum atomic E-state index is 12.1. The summed E-state index contributed by atoms with van der Waals surface area (Å²) in [6.45, 7) is 4.81. The SMILES string of the molecule is CC(=O)Nc1ccc(NC(=O)C/C(C)=N/NC(=O)COc2ccc(C)cc2Br)cc1. The summed E-state index contributed by atoms with van der Waals surface area (Å²) in [5.41, 5.74) is 5.10. The van der Waals surface area contributed by atoms with Crippen LogP contribution in [0, 0.1) is 6.92 Å². The minimum atomic E-state index is -0.434. The predicted octanol–water partition coefficient (Wildman–Crippen LogP) is 3.62. The first kappa shape index (κ1) is 23.1. The second-order valence-corrected chi connectivity index (χ2v) is 7.44. The summed E-state index contributed by atoms with van der Waals surface area (Å²) in [6.07, 6.45) is 0.0120. The quantitative estimate of drug-likeness (QED) is 0.400. The highest BCUT2D eigenvalue weighted by Crippen LogP contribution is 2.25. The van der Waals surface area contributed by atoms with Crippen molar-refractivity contribution in [3.63, 3.8) is 0 Å². The molecule has 0 fully saturated rings. The zero-order chi connectivity index (χ0) is 22.1. The van der Waals surface area contributed by atoms with Gasteiger partial charge in [0.1, 0.15) is 5.75 Å². The molecule has 0 spiro atoms. The lowest BCUT2D eigenvalue weighted by Crippen LogP contribution is -2.26. The minimum Gasteiger partial charge on any atom is -0.483 e. The third-order valence-corrected chi connectivity index (χ3v) is 4.34. The topological polar surface area (TPSA) is 109 Å². The molecule has 0 aliphatic heterocycles. The van der Waals surface area contributed by atoms with Gasteiger partial charge in [-0.1, -0.05) is 6.07 Å². The van der Waals surface area contributed by atoms with Gasteiger partial charge in [-0.15, -0.1) is 0 Å². The van der Waals surface area contributed by atoms with Gasteiger partial charge in [-0.25, -0.2) is 5.43 Å². The third-order valence-electron chi connectivity index (χ3n) is 3.72. The van der Waals surface area contributed by atoms with Crippen LogP contribution in [-0.2, 0) is 14.4 Å². The maximum absolute atomic E-state index is 12.1. The highest BCUT2D eigenvalue weighted by atomic mass is 79.9. The number of carbonyl (C=O) groups is 3. The van der Waals surface area contributed by atoms with Gasteiger partial charge in [-0.05, 0) is 71.7 Å². The molecule has 0 saturated carbocycles. The number of nitrogens with zero attached hydrogens (tertiary/aromatic N) is 1. The number of nitrogens with one attached hydrogen (secondary N) is 3. The van der Waals surface area contributed by atoms with Crippen molar-refractivity contribution in [1.29, 1.82) is 0 Å². The fraction of sp³-hybridized carbons (Fsp3) is 0.238. The Balaban J connectivity index is 1.77. The van der Waals surface area contributed by atoms with Gasteiger partial charge < -0.3 is 15.4 Å². The van der Waals surface area contributed by atoms with E-state index in [1.165, 1.54) is 6.92 Å².